The van der Waals surface area contributed by atoms with E-state index in [-0.39, 0.29) is 22.6 Å². The molecule has 2 unspecified atom stereocenters. The summed E-state index contributed by atoms with van der Waals surface area (Å²) in [5.74, 6) is 0. The lowest BCUT2D eigenvalue weighted by molar-refractivity contribution is 0.0686. The van der Waals surface area contributed by atoms with Crippen LogP contribution < -0.4 is 5.73 Å². The molecule has 0 radical (unpaired) electrons. The maximum Gasteiger partial charge on any atom is 0.123 e. The summed E-state index contributed by atoms with van der Waals surface area (Å²) >= 11 is 2.24. The molecule has 1 rings (SSSR count). The number of alkyl halides is 1. The summed E-state index contributed by atoms with van der Waals surface area (Å²) in [4.78, 5) is 0. The highest BCUT2D eigenvalue weighted by molar-refractivity contribution is 14.1. The fourth-order valence-corrected chi connectivity index (χ4v) is 1.38. The van der Waals surface area contributed by atoms with E-state index in [1.807, 2.05) is 0 Å². The Morgan fingerprint density at radius 2 is 2.22 bits per heavy atom. The number of halogens is 2. The van der Waals surface area contributed by atoms with Crippen molar-refractivity contribution in [3.05, 3.63) is 0 Å². The second-order valence-electron chi connectivity index (χ2n) is 2.03. The second kappa shape index (κ2) is 4.71. The highest BCUT2D eigenvalue weighted by Gasteiger charge is 2.18. The molecule has 0 saturated carbocycles. The summed E-state index contributed by atoms with van der Waals surface area (Å²) in [6, 6.07) is 0.268. The van der Waals surface area contributed by atoms with Crippen molar-refractivity contribution in [1.29, 1.82) is 0 Å². The van der Waals surface area contributed by atoms with Gasteiger partial charge < -0.3 is 10.5 Å². The van der Waals surface area contributed by atoms with Gasteiger partial charge >= 0.3 is 0 Å². The van der Waals surface area contributed by atoms with Crippen molar-refractivity contribution in [3.8, 4) is 0 Å². The van der Waals surface area contributed by atoms with Crippen LogP contribution in [0, 0.1) is 0 Å². The lowest BCUT2D eigenvalue weighted by atomic mass is 10.1. The highest BCUT2D eigenvalue weighted by atomic mass is 127. The zero-order valence-electron chi connectivity index (χ0n) is 5.05. The maximum atomic E-state index is 5.65. The minimum atomic E-state index is 0. The molecule has 0 aliphatic carbocycles. The zero-order valence-corrected chi connectivity index (χ0v) is 8.02. The molecule has 1 saturated heterocycles. The third-order valence-corrected chi connectivity index (χ3v) is 2.58. The van der Waals surface area contributed by atoms with E-state index in [0.29, 0.717) is 0 Å². The SMILES string of the molecule is Cl.NC1CCCOC1I. The fraction of sp³-hybridized carbons (Fsp3) is 1.00. The lowest BCUT2D eigenvalue weighted by Crippen LogP contribution is -2.36. The molecule has 0 aromatic carbocycles. The van der Waals surface area contributed by atoms with Gasteiger partial charge in [-0.05, 0) is 35.4 Å². The molecule has 9 heavy (non-hydrogen) atoms. The van der Waals surface area contributed by atoms with Gasteiger partial charge in [-0.15, -0.1) is 12.4 Å². The molecule has 2 N–H and O–H groups in total. The first-order valence-corrected chi connectivity index (χ1v) is 4.06. The molecule has 0 aromatic rings. The molecular weight excluding hydrogens is 252 g/mol. The van der Waals surface area contributed by atoms with Crippen LogP contribution in [0.1, 0.15) is 12.8 Å². The first kappa shape index (κ1) is 9.94. The zero-order chi connectivity index (χ0) is 5.98. The Kier molecular flexibility index (Phi) is 5.20. The largest absolute Gasteiger partial charge is 0.366 e. The lowest BCUT2D eigenvalue weighted by Gasteiger charge is -2.23. The molecular formula is C5H11ClINO. The molecule has 0 spiro atoms. The summed E-state index contributed by atoms with van der Waals surface area (Å²) in [5.41, 5.74) is 5.65. The molecule has 2 nitrogen and oxygen atoms in total. The van der Waals surface area contributed by atoms with Gasteiger partial charge in [0.1, 0.15) is 4.11 Å². The van der Waals surface area contributed by atoms with Crippen LogP contribution in [0.3, 0.4) is 0 Å². The average Bonchev–Trinajstić information content (AvgIpc) is 1.77. The summed E-state index contributed by atoms with van der Waals surface area (Å²) in [5, 5.41) is 0. The predicted octanol–water partition coefficient (Wildman–Crippen LogP) is 1.31. The Balaban J connectivity index is 0.000000640. The van der Waals surface area contributed by atoms with Crippen LogP contribution >= 0.6 is 35.0 Å². The summed E-state index contributed by atoms with van der Waals surface area (Å²) in [7, 11) is 0. The quantitative estimate of drug-likeness (QED) is 0.528. The predicted molar refractivity (Wildman–Crippen MR) is 48.2 cm³/mol. The van der Waals surface area contributed by atoms with Crippen LogP contribution in [-0.2, 0) is 4.74 Å². The molecule has 1 aliphatic rings. The Morgan fingerprint density at radius 1 is 1.56 bits per heavy atom. The third-order valence-electron chi connectivity index (χ3n) is 1.30. The number of hydrogen-bond acceptors (Lipinski definition) is 2. The molecule has 56 valence electrons. The molecule has 0 bridgehead atoms. The number of ether oxygens (including phenoxy) is 1. The van der Waals surface area contributed by atoms with Crippen molar-refractivity contribution in [2.24, 2.45) is 5.73 Å². The van der Waals surface area contributed by atoms with Crippen LogP contribution in [0.2, 0.25) is 0 Å². The standard InChI is InChI=1S/C5H10INO.ClH/c6-5-4(7)2-1-3-8-5;/h4-5H,1-3,7H2;1H. The van der Waals surface area contributed by atoms with E-state index in [9.17, 15) is 0 Å². The first-order valence-electron chi connectivity index (χ1n) is 2.82. The van der Waals surface area contributed by atoms with Crippen LogP contribution in [0.4, 0.5) is 0 Å². The molecule has 0 amide bonds. The summed E-state index contributed by atoms with van der Waals surface area (Å²) in [6.07, 6.45) is 2.24. The Morgan fingerprint density at radius 3 is 2.56 bits per heavy atom. The number of nitrogens with two attached hydrogens (primary N) is 1. The van der Waals surface area contributed by atoms with Gasteiger partial charge in [-0.3, -0.25) is 0 Å². The van der Waals surface area contributed by atoms with Crippen molar-refractivity contribution >= 4 is 35.0 Å². The Bertz CT molecular complexity index is 73.4. The van der Waals surface area contributed by atoms with E-state index in [4.69, 9.17) is 10.5 Å². The number of rotatable bonds is 0. The minimum Gasteiger partial charge on any atom is -0.366 e. The van der Waals surface area contributed by atoms with Crippen molar-refractivity contribution < 1.29 is 4.74 Å². The molecule has 1 heterocycles. The first-order chi connectivity index (χ1) is 3.80. The minimum absolute atomic E-state index is 0. The smallest absolute Gasteiger partial charge is 0.123 e. The molecule has 4 heteroatoms. The molecule has 1 fully saturated rings. The second-order valence-corrected chi connectivity index (χ2v) is 3.26. The Labute approximate surface area is 75.1 Å². The van der Waals surface area contributed by atoms with Crippen LogP contribution in [0.25, 0.3) is 0 Å². The normalized spacial score (nSPS) is 35.3. The fourth-order valence-electron chi connectivity index (χ4n) is 0.770. The van der Waals surface area contributed by atoms with E-state index in [1.165, 1.54) is 0 Å². The maximum absolute atomic E-state index is 5.65. The van der Waals surface area contributed by atoms with E-state index in [0.717, 1.165) is 19.4 Å². The highest BCUT2D eigenvalue weighted by Crippen LogP contribution is 2.16. The van der Waals surface area contributed by atoms with Gasteiger partial charge in [0.15, 0.2) is 0 Å². The molecule has 0 aromatic heterocycles. The number of hydrogen-bond donors (Lipinski definition) is 1. The van der Waals surface area contributed by atoms with Gasteiger partial charge in [-0.25, -0.2) is 0 Å². The molecule has 1 aliphatic heterocycles. The van der Waals surface area contributed by atoms with Crippen molar-refractivity contribution in [1.82, 2.24) is 0 Å². The molecule has 2 atom stereocenters. The van der Waals surface area contributed by atoms with Crippen LogP contribution in [0.15, 0.2) is 0 Å². The van der Waals surface area contributed by atoms with Crippen LogP contribution in [0.5, 0.6) is 0 Å². The monoisotopic (exact) mass is 263 g/mol. The summed E-state index contributed by atoms with van der Waals surface area (Å²) < 4.78 is 5.50. The van der Waals surface area contributed by atoms with E-state index in [1.54, 1.807) is 0 Å². The van der Waals surface area contributed by atoms with Gasteiger partial charge in [0.2, 0.25) is 0 Å². The Hall–Kier alpha value is 0.940. The average molecular weight is 264 g/mol. The third kappa shape index (κ3) is 3.02. The van der Waals surface area contributed by atoms with Gasteiger partial charge in [-0.2, -0.15) is 0 Å². The van der Waals surface area contributed by atoms with Gasteiger partial charge in [0, 0.05) is 12.6 Å². The topological polar surface area (TPSA) is 35.2 Å². The van der Waals surface area contributed by atoms with E-state index >= 15 is 0 Å². The van der Waals surface area contributed by atoms with Crippen molar-refractivity contribution in [2.45, 2.75) is 23.0 Å². The van der Waals surface area contributed by atoms with Crippen molar-refractivity contribution in [2.75, 3.05) is 6.61 Å². The summed E-state index contributed by atoms with van der Waals surface area (Å²) in [6.45, 7) is 0.890. The van der Waals surface area contributed by atoms with Crippen molar-refractivity contribution in [3.63, 3.8) is 0 Å². The van der Waals surface area contributed by atoms with Gasteiger partial charge in [-0.1, -0.05) is 0 Å². The van der Waals surface area contributed by atoms with E-state index in [2.05, 4.69) is 22.6 Å². The van der Waals surface area contributed by atoms with Gasteiger partial charge in [0.05, 0.1) is 0 Å². The van der Waals surface area contributed by atoms with E-state index < -0.39 is 0 Å². The van der Waals surface area contributed by atoms with Gasteiger partial charge in [0.25, 0.3) is 0 Å². The van der Waals surface area contributed by atoms with Crippen LogP contribution in [-0.4, -0.2) is 16.8 Å².